The van der Waals surface area contributed by atoms with Crippen molar-refractivity contribution in [2.24, 2.45) is 0 Å². The van der Waals surface area contributed by atoms with E-state index in [4.69, 9.17) is 0 Å². The van der Waals surface area contributed by atoms with Gasteiger partial charge in [-0.05, 0) is 5.38 Å². The highest BCUT2D eigenvalue weighted by Gasteiger charge is 2.27. The summed E-state index contributed by atoms with van der Waals surface area (Å²) in [6.45, 7) is 6.95. The van der Waals surface area contributed by atoms with Crippen LogP contribution in [0.5, 0.6) is 0 Å². The molecule has 0 atom stereocenters. The van der Waals surface area contributed by atoms with Crippen molar-refractivity contribution in [3.63, 3.8) is 0 Å². The molecule has 0 aliphatic carbocycles. The second-order valence-corrected chi connectivity index (χ2v) is 9.67. The van der Waals surface area contributed by atoms with Crippen LogP contribution in [0.4, 0.5) is 0 Å². The Hall–Kier alpha value is 0.567. The van der Waals surface area contributed by atoms with Gasteiger partial charge >= 0.3 is 0 Å². The maximum absolute atomic E-state index is 4.57. The molecule has 0 bridgehead atoms. The molecule has 0 aromatic rings. The molecule has 0 saturated carbocycles. The summed E-state index contributed by atoms with van der Waals surface area (Å²) in [6.07, 6.45) is 4.10. The third-order valence-electron chi connectivity index (χ3n) is 2.68. The highest BCUT2D eigenvalue weighted by atomic mass is 32.1. The minimum atomic E-state index is -0.905. The van der Waals surface area contributed by atoms with Gasteiger partial charge < -0.3 is 0 Å². The molecule has 0 unspecified atom stereocenters. The van der Waals surface area contributed by atoms with Gasteiger partial charge in [-0.1, -0.05) is 58.2 Å². The van der Waals surface area contributed by atoms with Crippen LogP contribution < -0.4 is 0 Å². The molecule has 0 aliphatic heterocycles. The van der Waals surface area contributed by atoms with Crippen LogP contribution in [0.15, 0.2) is 0 Å². The summed E-state index contributed by atoms with van der Waals surface area (Å²) in [5.74, 6) is 0. The van der Waals surface area contributed by atoms with Crippen LogP contribution in [0.1, 0.15) is 40.0 Å². The minimum Gasteiger partial charge on any atom is -0.182 e. The average Bonchev–Trinajstić information content (AvgIpc) is 2.06. The average molecular weight is 204 g/mol. The topological polar surface area (TPSA) is 0 Å². The lowest BCUT2D eigenvalue weighted by Gasteiger charge is -2.29. The van der Waals surface area contributed by atoms with Crippen molar-refractivity contribution in [2.45, 2.75) is 58.2 Å². The fourth-order valence-corrected chi connectivity index (χ4v) is 8.03. The number of hydrogen-bond acceptors (Lipinski definition) is 1. The van der Waals surface area contributed by atoms with Crippen LogP contribution in [0, 0.1) is 0 Å². The van der Waals surface area contributed by atoms with Gasteiger partial charge in [0.15, 0.2) is 0 Å². The summed E-state index contributed by atoms with van der Waals surface area (Å²) in [4.78, 5) is 0. The monoisotopic (exact) mass is 204 g/mol. The molecule has 74 valence electrons. The van der Waals surface area contributed by atoms with Gasteiger partial charge in [-0.25, -0.2) is 0 Å². The van der Waals surface area contributed by atoms with E-state index < -0.39 is 8.07 Å². The molecule has 0 rings (SSSR count). The van der Waals surface area contributed by atoms with E-state index in [0.717, 1.165) is 0 Å². The quantitative estimate of drug-likeness (QED) is 0.468. The van der Waals surface area contributed by atoms with Gasteiger partial charge in [0.25, 0.3) is 0 Å². The molecule has 0 N–H and O–H groups in total. The largest absolute Gasteiger partial charge is 0.182 e. The van der Waals surface area contributed by atoms with Crippen molar-refractivity contribution < 1.29 is 0 Å². The fourth-order valence-electron chi connectivity index (χ4n) is 2.20. The normalized spacial score (nSPS) is 12.0. The van der Waals surface area contributed by atoms with E-state index in [2.05, 4.69) is 33.4 Å². The van der Waals surface area contributed by atoms with Gasteiger partial charge in [0.05, 0.1) is 8.07 Å². The van der Waals surface area contributed by atoms with E-state index >= 15 is 0 Å². The lowest BCUT2D eigenvalue weighted by Crippen LogP contribution is -2.36. The van der Waals surface area contributed by atoms with Crippen LogP contribution in [-0.2, 0) is 0 Å². The van der Waals surface area contributed by atoms with Crippen molar-refractivity contribution in [1.29, 1.82) is 0 Å². The molecule has 2 heteroatoms. The fraction of sp³-hybridized carbons (Fsp3) is 1.00. The standard InChI is InChI=1S/C10H24SSi/c1-4-7-12(10-11,8-5-2)9-6-3/h11H,4-10H2,1-3H3. The smallest absolute Gasteiger partial charge is 0.0636 e. The van der Waals surface area contributed by atoms with E-state index in [9.17, 15) is 0 Å². The van der Waals surface area contributed by atoms with Crippen LogP contribution in [0.3, 0.4) is 0 Å². The molecule has 0 fully saturated rings. The van der Waals surface area contributed by atoms with E-state index in [1.165, 1.54) is 42.8 Å². The lowest BCUT2D eigenvalue weighted by molar-refractivity contribution is 0.926. The molecule has 12 heavy (non-hydrogen) atoms. The van der Waals surface area contributed by atoms with Gasteiger partial charge in [-0.15, -0.1) is 0 Å². The number of hydrogen-bond donors (Lipinski definition) is 1. The molecule has 0 nitrogen and oxygen atoms in total. The third-order valence-corrected chi connectivity index (χ3v) is 10.0. The first kappa shape index (κ1) is 12.6. The minimum absolute atomic E-state index is 0.905. The molecule has 0 aromatic heterocycles. The number of rotatable bonds is 7. The zero-order valence-corrected chi connectivity index (χ0v) is 10.8. The molecular formula is C10H24SSi. The molecule has 0 spiro atoms. The molecule has 0 radical (unpaired) electrons. The maximum Gasteiger partial charge on any atom is 0.0636 e. The number of thiol groups is 1. The second-order valence-electron chi connectivity index (χ2n) is 3.91. The molecule has 0 saturated heterocycles. The molecule has 0 amide bonds. The summed E-state index contributed by atoms with van der Waals surface area (Å²) in [6, 6.07) is 4.49. The van der Waals surface area contributed by atoms with Gasteiger partial charge in [0.1, 0.15) is 0 Å². The Morgan fingerprint density at radius 1 is 0.833 bits per heavy atom. The molecule has 0 aliphatic rings. The zero-order valence-electron chi connectivity index (χ0n) is 8.90. The first-order chi connectivity index (χ1) is 5.74. The van der Waals surface area contributed by atoms with Crippen molar-refractivity contribution in [2.75, 3.05) is 5.38 Å². The van der Waals surface area contributed by atoms with E-state index in [0.29, 0.717) is 0 Å². The van der Waals surface area contributed by atoms with Crippen LogP contribution in [0.25, 0.3) is 0 Å². The Morgan fingerprint density at radius 2 is 1.17 bits per heavy atom. The van der Waals surface area contributed by atoms with Crippen LogP contribution in [-0.4, -0.2) is 13.5 Å². The first-order valence-corrected chi connectivity index (χ1v) is 8.81. The summed E-state index contributed by atoms with van der Waals surface area (Å²) >= 11 is 4.57. The Labute approximate surface area is 84.6 Å². The van der Waals surface area contributed by atoms with E-state index in [1.54, 1.807) is 0 Å². The lowest BCUT2D eigenvalue weighted by atomic mass is 10.5. The van der Waals surface area contributed by atoms with Gasteiger partial charge in [-0.2, -0.15) is 12.6 Å². The Balaban J connectivity index is 4.06. The van der Waals surface area contributed by atoms with Crippen LogP contribution >= 0.6 is 12.6 Å². The third kappa shape index (κ3) is 3.99. The van der Waals surface area contributed by atoms with Crippen LogP contribution in [0.2, 0.25) is 18.1 Å². The predicted molar refractivity (Wildman–Crippen MR) is 64.9 cm³/mol. The highest BCUT2D eigenvalue weighted by molar-refractivity contribution is 7.82. The summed E-state index contributed by atoms with van der Waals surface area (Å²) in [5, 5.41) is 1.21. The Kier molecular flexibility index (Phi) is 7.35. The highest BCUT2D eigenvalue weighted by Crippen LogP contribution is 2.26. The Bertz CT molecular complexity index is 87.0. The molecule has 0 aromatic carbocycles. The van der Waals surface area contributed by atoms with Crippen molar-refractivity contribution in [1.82, 2.24) is 0 Å². The van der Waals surface area contributed by atoms with Gasteiger partial charge in [-0.3, -0.25) is 0 Å². The van der Waals surface area contributed by atoms with Gasteiger partial charge in [0.2, 0.25) is 0 Å². The van der Waals surface area contributed by atoms with Crippen molar-refractivity contribution >= 4 is 20.7 Å². The van der Waals surface area contributed by atoms with E-state index in [1.807, 2.05) is 0 Å². The second kappa shape index (κ2) is 7.02. The van der Waals surface area contributed by atoms with Crippen molar-refractivity contribution in [3.05, 3.63) is 0 Å². The zero-order chi connectivity index (χ0) is 9.45. The SMILES string of the molecule is CCC[Si](CS)(CCC)CCC. The maximum atomic E-state index is 4.57. The Morgan fingerprint density at radius 3 is 1.33 bits per heavy atom. The van der Waals surface area contributed by atoms with Gasteiger partial charge in [0, 0.05) is 0 Å². The van der Waals surface area contributed by atoms with E-state index in [-0.39, 0.29) is 0 Å². The summed E-state index contributed by atoms with van der Waals surface area (Å²) in [5.41, 5.74) is 0. The molecular weight excluding hydrogens is 180 g/mol. The predicted octanol–water partition coefficient (Wildman–Crippen LogP) is 4.13. The first-order valence-electron chi connectivity index (χ1n) is 5.35. The summed E-state index contributed by atoms with van der Waals surface area (Å²) in [7, 11) is -0.905. The van der Waals surface area contributed by atoms with Crippen molar-refractivity contribution in [3.8, 4) is 0 Å². The summed E-state index contributed by atoms with van der Waals surface area (Å²) < 4.78 is 0. The molecule has 0 heterocycles.